The number of piperidine rings is 1. The van der Waals surface area contributed by atoms with Gasteiger partial charge >= 0.3 is 0 Å². The first-order chi connectivity index (χ1) is 9.99. The Kier molecular flexibility index (Phi) is 7.63. The van der Waals surface area contributed by atoms with Crippen molar-refractivity contribution in [1.82, 2.24) is 10.2 Å². The molecule has 1 fully saturated rings. The number of amides is 1. The maximum atomic E-state index is 12.2. The van der Waals surface area contributed by atoms with Gasteiger partial charge in [-0.05, 0) is 57.5 Å². The van der Waals surface area contributed by atoms with E-state index in [0.717, 1.165) is 36.3 Å². The van der Waals surface area contributed by atoms with Gasteiger partial charge in [0.05, 0.1) is 17.3 Å². The van der Waals surface area contributed by atoms with E-state index in [1.54, 1.807) is 0 Å². The number of rotatable bonds is 4. The van der Waals surface area contributed by atoms with Crippen LogP contribution in [0.3, 0.4) is 0 Å². The van der Waals surface area contributed by atoms with Crippen molar-refractivity contribution in [1.29, 1.82) is 0 Å². The van der Waals surface area contributed by atoms with E-state index in [0.29, 0.717) is 17.6 Å². The normalized spacial score (nSPS) is 18.6. The highest BCUT2D eigenvalue weighted by molar-refractivity contribution is 6.34. The van der Waals surface area contributed by atoms with Crippen LogP contribution in [-0.2, 0) is 4.79 Å². The predicted octanol–water partition coefficient (Wildman–Crippen LogP) is 3.00. The Balaban J connectivity index is 0.00000242. The van der Waals surface area contributed by atoms with Crippen LogP contribution in [-0.4, -0.2) is 43.5 Å². The minimum absolute atomic E-state index is 0. The van der Waals surface area contributed by atoms with Crippen molar-refractivity contribution in [3.05, 3.63) is 28.3 Å². The highest BCUT2D eigenvalue weighted by Gasteiger charge is 2.20. The zero-order chi connectivity index (χ0) is 15.4. The zero-order valence-electron chi connectivity index (χ0n) is 13.4. The highest BCUT2D eigenvalue weighted by atomic mass is 35.5. The fraction of sp³-hybridized carbons (Fsp3) is 0.562. The molecule has 1 amide bonds. The second-order valence-corrected chi connectivity index (χ2v) is 6.26. The van der Waals surface area contributed by atoms with Gasteiger partial charge in [0.2, 0.25) is 5.91 Å². The van der Waals surface area contributed by atoms with Crippen molar-refractivity contribution < 1.29 is 4.79 Å². The van der Waals surface area contributed by atoms with Crippen LogP contribution in [0.15, 0.2) is 12.1 Å². The average Bonchev–Trinajstić information content (AvgIpc) is 2.43. The number of carbonyl (C=O) groups excluding carboxylic acids is 1. The number of benzene rings is 1. The van der Waals surface area contributed by atoms with Gasteiger partial charge in [0.1, 0.15) is 0 Å². The number of nitrogens with one attached hydrogen (secondary N) is 2. The summed E-state index contributed by atoms with van der Waals surface area (Å²) in [5.74, 6) is 0.000561. The molecular formula is C16H25Cl2N3O. The summed E-state index contributed by atoms with van der Waals surface area (Å²) in [5.41, 5.74) is 2.83. The van der Waals surface area contributed by atoms with Crippen LogP contribution in [0.1, 0.15) is 24.0 Å². The Morgan fingerprint density at radius 1 is 1.41 bits per heavy atom. The molecule has 0 radical (unpaired) electrons. The fourth-order valence-electron chi connectivity index (χ4n) is 2.89. The molecule has 1 saturated heterocycles. The van der Waals surface area contributed by atoms with E-state index < -0.39 is 0 Å². The van der Waals surface area contributed by atoms with Gasteiger partial charge < -0.3 is 10.6 Å². The van der Waals surface area contributed by atoms with E-state index in [9.17, 15) is 4.79 Å². The van der Waals surface area contributed by atoms with Crippen LogP contribution in [0, 0.1) is 13.8 Å². The molecule has 1 aliphatic rings. The van der Waals surface area contributed by atoms with Gasteiger partial charge in [-0.25, -0.2) is 0 Å². The lowest BCUT2D eigenvalue weighted by molar-refractivity contribution is -0.117. The lowest BCUT2D eigenvalue weighted by Gasteiger charge is -2.32. The molecule has 0 bridgehead atoms. The van der Waals surface area contributed by atoms with Gasteiger partial charge in [-0.3, -0.25) is 9.69 Å². The molecule has 4 nitrogen and oxygen atoms in total. The third-order valence-electron chi connectivity index (χ3n) is 3.98. The number of likely N-dealkylation sites (tertiary alicyclic amines) is 1. The smallest absolute Gasteiger partial charge is 0.238 e. The first-order valence-corrected chi connectivity index (χ1v) is 7.83. The number of likely N-dealkylation sites (N-methyl/N-ethyl adjacent to an activating group) is 1. The molecule has 22 heavy (non-hydrogen) atoms. The quantitative estimate of drug-likeness (QED) is 0.881. The molecule has 1 unspecified atom stereocenters. The van der Waals surface area contributed by atoms with E-state index in [-0.39, 0.29) is 18.3 Å². The number of hydrogen-bond acceptors (Lipinski definition) is 3. The summed E-state index contributed by atoms with van der Waals surface area (Å²) in [4.78, 5) is 14.4. The molecule has 1 aliphatic heterocycles. The van der Waals surface area contributed by atoms with Crippen molar-refractivity contribution >= 4 is 35.6 Å². The largest absolute Gasteiger partial charge is 0.323 e. The van der Waals surface area contributed by atoms with E-state index in [2.05, 4.69) is 15.5 Å². The molecule has 1 aromatic rings. The van der Waals surface area contributed by atoms with Crippen LogP contribution in [0.5, 0.6) is 0 Å². The third-order valence-corrected chi connectivity index (χ3v) is 4.28. The van der Waals surface area contributed by atoms with Crippen LogP contribution >= 0.6 is 24.0 Å². The molecule has 2 rings (SSSR count). The molecule has 0 spiro atoms. The predicted molar refractivity (Wildman–Crippen MR) is 95.3 cm³/mol. The van der Waals surface area contributed by atoms with Crippen molar-refractivity contribution in [2.75, 3.05) is 32.0 Å². The molecule has 0 aliphatic carbocycles. The number of nitrogens with zero attached hydrogens (tertiary/aromatic N) is 1. The number of aryl methyl sites for hydroxylation is 2. The van der Waals surface area contributed by atoms with Crippen molar-refractivity contribution in [2.45, 2.75) is 32.7 Å². The van der Waals surface area contributed by atoms with E-state index >= 15 is 0 Å². The maximum absolute atomic E-state index is 12.2. The molecule has 0 aromatic heterocycles. The third kappa shape index (κ3) is 5.13. The van der Waals surface area contributed by atoms with Gasteiger partial charge in [0, 0.05) is 12.6 Å². The number of hydrogen-bond donors (Lipinski definition) is 2. The van der Waals surface area contributed by atoms with Crippen LogP contribution in [0.25, 0.3) is 0 Å². The molecular weight excluding hydrogens is 321 g/mol. The first kappa shape index (κ1) is 19.2. The minimum Gasteiger partial charge on any atom is -0.323 e. The maximum Gasteiger partial charge on any atom is 0.238 e. The highest BCUT2D eigenvalue weighted by Crippen LogP contribution is 2.27. The summed E-state index contributed by atoms with van der Waals surface area (Å²) >= 11 is 6.23. The van der Waals surface area contributed by atoms with Crippen molar-refractivity contribution in [2.24, 2.45) is 0 Å². The molecule has 1 atom stereocenters. The standard InChI is InChI=1S/C16H24ClN3O.ClH/c1-11-7-12(2)16(14(17)8-11)19-15(21)10-20-6-4-5-13(9-20)18-3;/h7-8,13,18H,4-6,9-10H2,1-3H3,(H,19,21);1H. The van der Waals surface area contributed by atoms with Gasteiger partial charge in [0.25, 0.3) is 0 Å². The monoisotopic (exact) mass is 345 g/mol. The summed E-state index contributed by atoms with van der Waals surface area (Å²) in [6.45, 7) is 6.28. The number of halogens is 2. The van der Waals surface area contributed by atoms with Crippen LogP contribution in [0.4, 0.5) is 5.69 Å². The van der Waals surface area contributed by atoms with Gasteiger partial charge in [0.15, 0.2) is 0 Å². The fourth-order valence-corrected chi connectivity index (χ4v) is 3.26. The van der Waals surface area contributed by atoms with E-state index in [4.69, 9.17) is 11.6 Å². The van der Waals surface area contributed by atoms with Gasteiger partial charge in [-0.2, -0.15) is 0 Å². The Bertz CT molecular complexity index is 499. The first-order valence-electron chi connectivity index (χ1n) is 7.46. The van der Waals surface area contributed by atoms with Crippen molar-refractivity contribution in [3.8, 4) is 0 Å². The topological polar surface area (TPSA) is 44.4 Å². The summed E-state index contributed by atoms with van der Waals surface area (Å²) < 4.78 is 0. The van der Waals surface area contributed by atoms with Crippen molar-refractivity contribution in [3.63, 3.8) is 0 Å². The SMILES string of the molecule is CNC1CCCN(CC(=O)Nc2c(C)cc(C)cc2Cl)C1.Cl. The Morgan fingerprint density at radius 3 is 2.77 bits per heavy atom. The average molecular weight is 346 g/mol. The summed E-state index contributed by atoms with van der Waals surface area (Å²) in [6, 6.07) is 4.39. The zero-order valence-corrected chi connectivity index (χ0v) is 15.0. The molecule has 6 heteroatoms. The van der Waals surface area contributed by atoms with Gasteiger partial charge in [-0.15, -0.1) is 12.4 Å². The second-order valence-electron chi connectivity index (χ2n) is 5.85. The molecule has 0 saturated carbocycles. The molecule has 1 aromatic carbocycles. The summed E-state index contributed by atoms with van der Waals surface area (Å²) in [6.07, 6.45) is 2.31. The number of anilines is 1. The van der Waals surface area contributed by atoms with E-state index in [1.165, 1.54) is 6.42 Å². The Hall–Kier alpha value is -0.810. The lowest BCUT2D eigenvalue weighted by Crippen LogP contribution is -2.46. The summed E-state index contributed by atoms with van der Waals surface area (Å²) in [7, 11) is 1.98. The van der Waals surface area contributed by atoms with Crippen LogP contribution < -0.4 is 10.6 Å². The van der Waals surface area contributed by atoms with E-state index in [1.807, 2.05) is 33.0 Å². The van der Waals surface area contributed by atoms with Gasteiger partial charge in [-0.1, -0.05) is 17.7 Å². The molecule has 124 valence electrons. The summed E-state index contributed by atoms with van der Waals surface area (Å²) in [5, 5.41) is 6.84. The number of carbonyl (C=O) groups is 1. The second kappa shape index (κ2) is 8.73. The lowest BCUT2D eigenvalue weighted by atomic mass is 10.1. The Labute approximate surface area is 144 Å². The minimum atomic E-state index is 0. The Morgan fingerprint density at radius 2 is 2.14 bits per heavy atom. The molecule has 2 N–H and O–H groups in total. The molecule has 1 heterocycles. The van der Waals surface area contributed by atoms with Crippen LogP contribution in [0.2, 0.25) is 5.02 Å².